The van der Waals surface area contributed by atoms with Crippen LogP contribution in [0.3, 0.4) is 0 Å². The van der Waals surface area contributed by atoms with E-state index in [4.69, 9.17) is 9.15 Å². The van der Waals surface area contributed by atoms with Crippen molar-refractivity contribution in [2.45, 2.75) is 31.8 Å². The average Bonchev–Trinajstić information content (AvgIpc) is 3.36. The van der Waals surface area contributed by atoms with Crippen molar-refractivity contribution < 1.29 is 13.9 Å². The molecule has 1 amide bonds. The Morgan fingerprint density at radius 3 is 2.87 bits per heavy atom. The predicted molar refractivity (Wildman–Crippen MR) is 87.4 cm³/mol. The van der Waals surface area contributed by atoms with Gasteiger partial charge in [-0.2, -0.15) is 0 Å². The van der Waals surface area contributed by atoms with Crippen LogP contribution in [-0.4, -0.2) is 41.6 Å². The van der Waals surface area contributed by atoms with Crippen LogP contribution < -0.4 is 0 Å². The highest BCUT2D eigenvalue weighted by molar-refractivity contribution is 7.13. The Labute approximate surface area is 139 Å². The van der Waals surface area contributed by atoms with Gasteiger partial charge in [0.1, 0.15) is 17.0 Å². The second-order valence-corrected chi connectivity index (χ2v) is 7.09. The minimum atomic E-state index is 0.0433. The molecule has 1 atom stereocenters. The molecular weight excluding hydrogens is 312 g/mol. The van der Waals surface area contributed by atoms with Gasteiger partial charge in [-0.25, -0.2) is 4.98 Å². The van der Waals surface area contributed by atoms with Crippen LogP contribution in [0.2, 0.25) is 0 Å². The van der Waals surface area contributed by atoms with Gasteiger partial charge in [0.25, 0.3) is 5.91 Å². The zero-order valence-corrected chi connectivity index (χ0v) is 13.8. The normalized spacial score (nSPS) is 22.6. The highest BCUT2D eigenvalue weighted by Crippen LogP contribution is 2.30. The number of aromatic nitrogens is 1. The van der Waals surface area contributed by atoms with Gasteiger partial charge in [0.15, 0.2) is 0 Å². The number of hydrogen-bond donors (Lipinski definition) is 0. The van der Waals surface area contributed by atoms with Gasteiger partial charge in [-0.15, -0.1) is 11.3 Å². The minimum Gasteiger partial charge on any atom is -0.472 e. The lowest BCUT2D eigenvalue weighted by molar-refractivity contribution is 0.0289. The van der Waals surface area contributed by atoms with Gasteiger partial charge in [0, 0.05) is 30.6 Å². The van der Waals surface area contributed by atoms with E-state index in [1.807, 2.05) is 16.3 Å². The van der Waals surface area contributed by atoms with E-state index < -0.39 is 0 Å². The molecule has 2 fully saturated rings. The van der Waals surface area contributed by atoms with Gasteiger partial charge in [-0.3, -0.25) is 4.79 Å². The number of hydrogen-bond acceptors (Lipinski definition) is 5. The van der Waals surface area contributed by atoms with Crippen molar-refractivity contribution in [1.29, 1.82) is 0 Å². The van der Waals surface area contributed by atoms with Crippen molar-refractivity contribution >= 4 is 17.2 Å². The summed E-state index contributed by atoms with van der Waals surface area (Å²) in [4.78, 5) is 19.0. The van der Waals surface area contributed by atoms with Gasteiger partial charge < -0.3 is 14.1 Å². The molecule has 4 heterocycles. The highest BCUT2D eigenvalue weighted by Gasteiger charge is 2.31. The standard InChI is InChI=1S/C17H20N2O3S/c20-17(14-11-23-16(18-14)13-5-9-21-10-13)19-6-3-12(4-7-19)15-2-1-8-22-15/h5,9-12,15H,1-4,6-8H2. The first-order valence-corrected chi connectivity index (χ1v) is 9.08. The summed E-state index contributed by atoms with van der Waals surface area (Å²) < 4.78 is 10.9. The summed E-state index contributed by atoms with van der Waals surface area (Å²) in [5.41, 5.74) is 1.47. The van der Waals surface area contributed by atoms with E-state index in [0.717, 1.165) is 43.1 Å². The van der Waals surface area contributed by atoms with Crippen LogP contribution in [0.25, 0.3) is 10.6 Å². The predicted octanol–water partition coefficient (Wildman–Crippen LogP) is 3.43. The molecule has 2 aliphatic rings. The summed E-state index contributed by atoms with van der Waals surface area (Å²) in [6, 6.07) is 1.86. The number of carbonyl (C=O) groups is 1. The third kappa shape index (κ3) is 3.05. The van der Waals surface area contributed by atoms with Gasteiger partial charge in [-0.1, -0.05) is 0 Å². The molecule has 2 aromatic heterocycles. The molecule has 0 radical (unpaired) electrons. The maximum Gasteiger partial charge on any atom is 0.273 e. The van der Waals surface area contributed by atoms with Crippen molar-refractivity contribution in [3.8, 4) is 10.6 Å². The van der Waals surface area contributed by atoms with Crippen molar-refractivity contribution in [2.75, 3.05) is 19.7 Å². The second kappa shape index (κ2) is 6.45. The number of likely N-dealkylation sites (tertiary alicyclic amines) is 1. The fourth-order valence-electron chi connectivity index (χ4n) is 3.50. The SMILES string of the molecule is O=C(c1csc(-c2ccoc2)n1)N1CCC(C2CCCO2)CC1. The topological polar surface area (TPSA) is 55.6 Å². The molecule has 1 unspecified atom stereocenters. The molecule has 6 heteroatoms. The summed E-state index contributed by atoms with van der Waals surface area (Å²) >= 11 is 1.48. The molecule has 5 nitrogen and oxygen atoms in total. The molecule has 0 aromatic carbocycles. The fourth-order valence-corrected chi connectivity index (χ4v) is 4.28. The van der Waals surface area contributed by atoms with Crippen LogP contribution >= 0.6 is 11.3 Å². The van der Waals surface area contributed by atoms with E-state index in [1.165, 1.54) is 24.2 Å². The highest BCUT2D eigenvalue weighted by atomic mass is 32.1. The Balaban J connectivity index is 1.38. The number of carbonyl (C=O) groups excluding carboxylic acids is 1. The maximum atomic E-state index is 12.6. The van der Waals surface area contributed by atoms with Gasteiger partial charge in [0.05, 0.1) is 12.4 Å². The second-order valence-electron chi connectivity index (χ2n) is 6.23. The number of amides is 1. The number of thiazole rings is 1. The van der Waals surface area contributed by atoms with E-state index in [1.54, 1.807) is 12.5 Å². The molecule has 4 rings (SSSR count). The lowest BCUT2D eigenvalue weighted by atomic mass is 9.90. The minimum absolute atomic E-state index is 0.0433. The quantitative estimate of drug-likeness (QED) is 0.864. The Morgan fingerprint density at radius 1 is 1.30 bits per heavy atom. The molecular formula is C17H20N2O3S. The summed E-state index contributed by atoms with van der Waals surface area (Å²) in [6.45, 7) is 2.52. The van der Waals surface area contributed by atoms with Gasteiger partial charge >= 0.3 is 0 Å². The summed E-state index contributed by atoms with van der Waals surface area (Å²) in [5, 5.41) is 2.67. The largest absolute Gasteiger partial charge is 0.472 e. The fraction of sp³-hybridized carbons (Fsp3) is 0.529. The summed E-state index contributed by atoms with van der Waals surface area (Å²) in [5.74, 6) is 0.653. The summed E-state index contributed by atoms with van der Waals surface area (Å²) in [6.07, 6.45) is 8.12. The van der Waals surface area contributed by atoms with E-state index in [9.17, 15) is 4.79 Å². The average molecular weight is 332 g/mol. The molecule has 2 aliphatic heterocycles. The zero-order valence-electron chi connectivity index (χ0n) is 12.9. The van der Waals surface area contributed by atoms with Crippen LogP contribution in [0.1, 0.15) is 36.2 Å². The molecule has 0 bridgehead atoms. The number of rotatable bonds is 3. The Kier molecular flexibility index (Phi) is 4.18. The van der Waals surface area contributed by atoms with Crippen LogP contribution in [0.15, 0.2) is 28.4 Å². The van der Waals surface area contributed by atoms with Crippen LogP contribution in [0.4, 0.5) is 0 Å². The van der Waals surface area contributed by atoms with Crippen LogP contribution in [0, 0.1) is 5.92 Å². The first-order chi connectivity index (χ1) is 11.3. The van der Waals surface area contributed by atoms with Gasteiger partial charge in [-0.05, 0) is 37.7 Å². The Morgan fingerprint density at radius 2 is 2.17 bits per heavy atom. The third-order valence-electron chi connectivity index (χ3n) is 4.81. The van der Waals surface area contributed by atoms with Crippen molar-refractivity contribution in [2.24, 2.45) is 5.92 Å². The lowest BCUT2D eigenvalue weighted by Crippen LogP contribution is -2.41. The molecule has 0 saturated carbocycles. The molecule has 122 valence electrons. The number of ether oxygens (including phenoxy) is 1. The Bertz CT molecular complexity index is 653. The van der Waals surface area contributed by atoms with E-state index >= 15 is 0 Å². The molecule has 2 saturated heterocycles. The first kappa shape index (κ1) is 14.9. The van der Waals surface area contributed by atoms with E-state index in [-0.39, 0.29) is 5.91 Å². The number of furan rings is 1. The van der Waals surface area contributed by atoms with Crippen molar-refractivity contribution in [3.05, 3.63) is 29.7 Å². The zero-order chi connectivity index (χ0) is 15.6. The molecule has 0 aliphatic carbocycles. The molecule has 0 spiro atoms. The maximum absolute atomic E-state index is 12.6. The number of nitrogens with zero attached hydrogens (tertiary/aromatic N) is 2. The molecule has 2 aromatic rings. The Hall–Kier alpha value is -1.66. The van der Waals surface area contributed by atoms with Crippen LogP contribution in [-0.2, 0) is 4.74 Å². The first-order valence-electron chi connectivity index (χ1n) is 8.20. The third-order valence-corrected chi connectivity index (χ3v) is 5.70. The smallest absolute Gasteiger partial charge is 0.273 e. The van der Waals surface area contributed by atoms with Crippen molar-refractivity contribution in [3.63, 3.8) is 0 Å². The van der Waals surface area contributed by atoms with E-state index in [0.29, 0.717) is 17.7 Å². The van der Waals surface area contributed by atoms with Crippen molar-refractivity contribution in [1.82, 2.24) is 9.88 Å². The summed E-state index contributed by atoms with van der Waals surface area (Å²) in [7, 11) is 0. The molecule has 23 heavy (non-hydrogen) atoms. The van der Waals surface area contributed by atoms with Gasteiger partial charge in [0.2, 0.25) is 0 Å². The molecule has 0 N–H and O–H groups in total. The monoisotopic (exact) mass is 332 g/mol. The van der Waals surface area contributed by atoms with Crippen LogP contribution in [0.5, 0.6) is 0 Å². The number of piperidine rings is 1. The lowest BCUT2D eigenvalue weighted by Gasteiger charge is -2.34. The van der Waals surface area contributed by atoms with E-state index in [2.05, 4.69) is 4.98 Å².